The lowest BCUT2D eigenvalue weighted by Crippen LogP contribution is -2.50. The fraction of sp³-hybridized carbons (Fsp3) is 0.227. The van der Waals surface area contributed by atoms with Crippen LogP contribution in [0.3, 0.4) is 0 Å². The molecule has 0 radical (unpaired) electrons. The first-order chi connectivity index (χ1) is 14.0. The first-order valence-electron chi connectivity index (χ1n) is 9.44. The standard InChI is InChI=1S/C22H20BrN3O3/c23-18-5-1-15(2-6-18)3-8-21(28)25-9-11-26(12-10-25)22(29)16-4-7-19-17(13-16)14-20(27)24-19/h1-8,13H,9-12,14H2,(H,24,27). The van der Waals surface area contributed by atoms with Crippen LogP contribution in [0.1, 0.15) is 21.5 Å². The molecule has 0 saturated carbocycles. The summed E-state index contributed by atoms with van der Waals surface area (Å²) in [5, 5.41) is 2.77. The number of nitrogens with zero attached hydrogens (tertiary/aromatic N) is 2. The van der Waals surface area contributed by atoms with E-state index in [0.29, 0.717) is 38.2 Å². The van der Waals surface area contributed by atoms with E-state index in [-0.39, 0.29) is 17.7 Å². The summed E-state index contributed by atoms with van der Waals surface area (Å²) >= 11 is 3.39. The monoisotopic (exact) mass is 453 g/mol. The number of rotatable bonds is 3. The number of piperazine rings is 1. The van der Waals surface area contributed by atoms with Crippen molar-refractivity contribution in [1.29, 1.82) is 0 Å². The zero-order valence-corrected chi connectivity index (χ0v) is 17.3. The highest BCUT2D eigenvalue weighted by Gasteiger charge is 2.25. The van der Waals surface area contributed by atoms with E-state index in [0.717, 1.165) is 21.3 Å². The Kier molecular flexibility index (Phi) is 5.49. The molecule has 7 heteroatoms. The number of hydrogen-bond acceptors (Lipinski definition) is 3. The molecule has 4 rings (SSSR count). The van der Waals surface area contributed by atoms with Gasteiger partial charge >= 0.3 is 0 Å². The molecule has 1 N–H and O–H groups in total. The van der Waals surface area contributed by atoms with Gasteiger partial charge in [0.25, 0.3) is 5.91 Å². The van der Waals surface area contributed by atoms with E-state index in [1.54, 1.807) is 40.2 Å². The van der Waals surface area contributed by atoms with Crippen molar-refractivity contribution >= 4 is 45.4 Å². The molecule has 2 aliphatic heterocycles. The van der Waals surface area contributed by atoms with Crippen molar-refractivity contribution < 1.29 is 14.4 Å². The van der Waals surface area contributed by atoms with Gasteiger partial charge in [0.1, 0.15) is 0 Å². The second-order valence-corrected chi connectivity index (χ2v) is 8.01. The van der Waals surface area contributed by atoms with Gasteiger partial charge in [0, 0.05) is 48.0 Å². The third-order valence-electron chi connectivity index (χ3n) is 5.14. The molecule has 0 atom stereocenters. The van der Waals surface area contributed by atoms with E-state index < -0.39 is 0 Å². The summed E-state index contributed by atoms with van der Waals surface area (Å²) in [4.78, 5) is 40.2. The minimum Gasteiger partial charge on any atom is -0.336 e. The van der Waals surface area contributed by atoms with Gasteiger partial charge in [-0.1, -0.05) is 28.1 Å². The van der Waals surface area contributed by atoms with Crippen LogP contribution in [0.2, 0.25) is 0 Å². The lowest BCUT2D eigenvalue weighted by atomic mass is 10.1. The number of hydrogen-bond donors (Lipinski definition) is 1. The Labute approximate surface area is 177 Å². The van der Waals surface area contributed by atoms with Crippen molar-refractivity contribution in [3.05, 3.63) is 69.7 Å². The molecule has 29 heavy (non-hydrogen) atoms. The van der Waals surface area contributed by atoms with Gasteiger partial charge in [0.15, 0.2) is 0 Å². The molecular weight excluding hydrogens is 434 g/mol. The van der Waals surface area contributed by atoms with Gasteiger partial charge in [0.05, 0.1) is 6.42 Å². The normalized spacial score (nSPS) is 16.1. The third-order valence-corrected chi connectivity index (χ3v) is 5.67. The van der Waals surface area contributed by atoms with E-state index in [1.165, 1.54) is 0 Å². The Morgan fingerprint density at radius 2 is 1.66 bits per heavy atom. The molecule has 6 nitrogen and oxygen atoms in total. The molecule has 2 aliphatic rings. The second-order valence-electron chi connectivity index (χ2n) is 7.10. The Balaban J connectivity index is 1.33. The summed E-state index contributed by atoms with van der Waals surface area (Å²) in [6.07, 6.45) is 3.68. The number of anilines is 1. The fourth-order valence-electron chi connectivity index (χ4n) is 3.52. The Bertz CT molecular complexity index is 993. The van der Waals surface area contributed by atoms with Gasteiger partial charge in [0.2, 0.25) is 11.8 Å². The molecule has 0 aliphatic carbocycles. The zero-order chi connectivity index (χ0) is 20.4. The predicted octanol–water partition coefficient (Wildman–Crippen LogP) is 2.94. The number of benzene rings is 2. The van der Waals surface area contributed by atoms with Gasteiger partial charge in [-0.05, 0) is 47.5 Å². The topological polar surface area (TPSA) is 69.7 Å². The van der Waals surface area contributed by atoms with Crippen molar-refractivity contribution in [3.63, 3.8) is 0 Å². The average Bonchev–Trinajstić information content (AvgIpc) is 3.12. The molecule has 3 amide bonds. The van der Waals surface area contributed by atoms with Crippen LogP contribution < -0.4 is 5.32 Å². The minimum absolute atomic E-state index is 0.0482. The van der Waals surface area contributed by atoms with Crippen molar-refractivity contribution in [2.75, 3.05) is 31.5 Å². The zero-order valence-electron chi connectivity index (χ0n) is 15.7. The van der Waals surface area contributed by atoms with E-state index >= 15 is 0 Å². The SMILES string of the molecule is O=C1Cc2cc(C(=O)N3CCN(C(=O)C=Cc4ccc(Br)cc4)CC3)ccc2N1. The van der Waals surface area contributed by atoms with Crippen LogP contribution in [-0.2, 0) is 16.0 Å². The largest absolute Gasteiger partial charge is 0.336 e. The van der Waals surface area contributed by atoms with Gasteiger partial charge in [-0.3, -0.25) is 14.4 Å². The Morgan fingerprint density at radius 3 is 2.38 bits per heavy atom. The van der Waals surface area contributed by atoms with Gasteiger partial charge < -0.3 is 15.1 Å². The van der Waals surface area contributed by atoms with Crippen LogP contribution >= 0.6 is 15.9 Å². The maximum Gasteiger partial charge on any atom is 0.253 e. The molecule has 0 aromatic heterocycles. The van der Waals surface area contributed by atoms with Crippen molar-refractivity contribution in [2.45, 2.75) is 6.42 Å². The first kappa shape index (κ1) is 19.4. The van der Waals surface area contributed by atoms with E-state index in [1.807, 2.05) is 24.3 Å². The summed E-state index contributed by atoms with van der Waals surface area (Å²) in [7, 11) is 0. The number of carbonyl (C=O) groups is 3. The average molecular weight is 454 g/mol. The van der Waals surface area contributed by atoms with Crippen molar-refractivity contribution in [1.82, 2.24) is 9.80 Å². The molecule has 0 bridgehead atoms. The summed E-state index contributed by atoms with van der Waals surface area (Å²) in [6, 6.07) is 13.0. The molecule has 1 saturated heterocycles. The number of carbonyl (C=O) groups excluding carboxylic acids is 3. The molecule has 0 spiro atoms. The number of halogens is 1. The van der Waals surface area contributed by atoms with Crippen molar-refractivity contribution in [3.8, 4) is 0 Å². The molecular formula is C22H20BrN3O3. The molecule has 0 unspecified atom stereocenters. The summed E-state index contributed by atoms with van der Waals surface area (Å²) < 4.78 is 0.994. The van der Waals surface area contributed by atoms with Crippen LogP contribution in [0, 0.1) is 0 Å². The highest BCUT2D eigenvalue weighted by molar-refractivity contribution is 9.10. The van der Waals surface area contributed by atoms with Gasteiger partial charge in [-0.15, -0.1) is 0 Å². The third kappa shape index (κ3) is 4.40. The molecule has 148 valence electrons. The van der Waals surface area contributed by atoms with Crippen LogP contribution in [0.4, 0.5) is 5.69 Å². The smallest absolute Gasteiger partial charge is 0.253 e. The molecule has 2 heterocycles. The van der Waals surface area contributed by atoms with Crippen LogP contribution in [0.15, 0.2) is 53.0 Å². The minimum atomic E-state index is -0.0651. The second kappa shape index (κ2) is 8.21. The maximum absolute atomic E-state index is 12.8. The van der Waals surface area contributed by atoms with Crippen LogP contribution in [-0.4, -0.2) is 53.7 Å². The van der Waals surface area contributed by atoms with Crippen molar-refractivity contribution in [2.24, 2.45) is 0 Å². The Hall–Kier alpha value is -2.93. The number of nitrogens with one attached hydrogen (secondary N) is 1. The lowest BCUT2D eigenvalue weighted by molar-refractivity contribution is -0.127. The highest BCUT2D eigenvalue weighted by atomic mass is 79.9. The van der Waals surface area contributed by atoms with Crippen LogP contribution in [0.25, 0.3) is 6.08 Å². The number of amides is 3. The predicted molar refractivity (Wildman–Crippen MR) is 114 cm³/mol. The molecule has 2 aromatic carbocycles. The summed E-state index contributed by atoms with van der Waals surface area (Å²) in [5.41, 5.74) is 3.17. The lowest BCUT2D eigenvalue weighted by Gasteiger charge is -2.34. The van der Waals surface area contributed by atoms with Gasteiger partial charge in [-0.2, -0.15) is 0 Å². The fourth-order valence-corrected chi connectivity index (χ4v) is 3.79. The summed E-state index contributed by atoms with van der Waals surface area (Å²) in [5.74, 6) is -0.167. The Morgan fingerprint density at radius 1 is 0.966 bits per heavy atom. The van der Waals surface area contributed by atoms with E-state index in [2.05, 4.69) is 21.2 Å². The van der Waals surface area contributed by atoms with Gasteiger partial charge in [-0.25, -0.2) is 0 Å². The molecule has 1 fully saturated rings. The van der Waals surface area contributed by atoms with E-state index in [4.69, 9.17) is 0 Å². The van der Waals surface area contributed by atoms with E-state index in [9.17, 15) is 14.4 Å². The number of fused-ring (bicyclic) bond motifs is 1. The molecule has 2 aromatic rings. The van der Waals surface area contributed by atoms with Crippen LogP contribution in [0.5, 0.6) is 0 Å². The summed E-state index contributed by atoms with van der Waals surface area (Å²) in [6.45, 7) is 1.98. The highest BCUT2D eigenvalue weighted by Crippen LogP contribution is 2.24. The maximum atomic E-state index is 12.8. The first-order valence-corrected chi connectivity index (χ1v) is 10.2. The quantitative estimate of drug-likeness (QED) is 0.726.